The van der Waals surface area contributed by atoms with Gasteiger partial charge in [0.1, 0.15) is 0 Å². The quantitative estimate of drug-likeness (QED) is 0.177. The Morgan fingerprint density at radius 2 is 0.825 bits per heavy atom. The number of rotatable bonds is 2. The van der Waals surface area contributed by atoms with Crippen molar-refractivity contribution in [2.24, 2.45) is 35.5 Å². The van der Waals surface area contributed by atoms with E-state index in [1.807, 2.05) is 13.8 Å². The Hall–Kier alpha value is 0.203. The summed E-state index contributed by atoms with van der Waals surface area (Å²) < 4.78 is 0. The number of hydrogen-bond donors (Lipinski definition) is 0. The molecule has 6 atom stereocenters. The minimum absolute atomic E-state index is 0. The largest absolute Gasteiger partial charge is 0.358 e. The Morgan fingerprint density at radius 3 is 1.23 bits per heavy atom. The average molecular weight is 1110 g/mol. The first kappa shape index (κ1) is 51.6. The first-order valence-electron chi connectivity index (χ1n) is 22.1. The molecule has 5 heteroatoms. The zero-order valence-corrected chi connectivity index (χ0v) is 44.6. The van der Waals surface area contributed by atoms with Crippen LogP contribution >= 0.6 is 56.3 Å². The molecule has 314 valence electrons. The van der Waals surface area contributed by atoms with Crippen LogP contribution in [0.3, 0.4) is 0 Å². The van der Waals surface area contributed by atoms with Crippen molar-refractivity contribution in [1.29, 1.82) is 0 Å². The summed E-state index contributed by atoms with van der Waals surface area (Å²) in [6, 6.07) is 30.4. The first-order valence-corrected chi connectivity index (χ1v) is 35.2. The van der Waals surface area contributed by atoms with E-state index in [9.17, 15) is 0 Å². The molecule has 0 nitrogen and oxygen atoms in total. The van der Waals surface area contributed by atoms with Crippen molar-refractivity contribution in [3.8, 4) is 0 Å². The van der Waals surface area contributed by atoms with E-state index < -0.39 is 0 Å². The monoisotopic (exact) mass is 1100 g/mol. The maximum atomic E-state index is 3.73. The van der Waals surface area contributed by atoms with Crippen molar-refractivity contribution in [3.05, 3.63) is 122 Å². The fraction of sp³-hybridized carbons (Fsp3) is 0.577. The summed E-state index contributed by atoms with van der Waals surface area (Å²) >= 11 is 13.8. The van der Waals surface area contributed by atoms with E-state index in [1.54, 1.807) is 5.56 Å². The van der Waals surface area contributed by atoms with Gasteiger partial charge in [0.05, 0.1) is 0 Å². The normalized spacial score (nSPS) is 29.6. The van der Waals surface area contributed by atoms with Gasteiger partial charge < -0.3 is 14.9 Å². The number of hydrogen-bond acceptors (Lipinski definition) is 0. The van der Waals surface area contributed by atoms with Crippen molar-refractivity contribution in [2.75, 3.05) is 0 Å². The average Bonchev–Trinajstić information content (AvgIpc) is 4.04. The predicted octanol–water partition coefficient (Wildman–Crippen LogP) is 18.5. The molecule has 7 aliphatic carbocycles. The van der Waals surface area contributed by atoms with Crippen molar-refractivity contribution >= 4 is 67.9 Å². The fourth-order valence-corrected chi connectivity index (χ4v) is 13.1. The molecule has 3 aromatic rings. The van der Waals surface area contributed by atoms with Gasteiger partial charge in [-0.3, -0.25) is 0 Å². The van der Waals surface area contributed by atoms with Gasteiger partial charge in [-0.2, -0.15) is 0 Å². The Kier molecular flexibility index (Phi) is 26.0. The van der Waals surface area contributed by atoms with Gasteiger partial charge in [-0.25, -0.2) is 0 Å². The van der Waals surface area contributed by atoms with Crippen LogP contribution < -0.4 is 0 Å². The third kappa shape index (κ3) is 16.4. The number of allylic oxidation sites excluding steroid dienone is 1. The number of benzene rings is 3. The molecule has 0 amide bonds. The predicted molar refractivity (Wildman–Crippen MR) is 265 cm³/mol. The van der Waals surface area contributed by atoms with Gasteiger partial charge in [0, 0.05) is 9.65 Å². The summed E-state index contributed by atoms with van der Waals surface area (Å²) in [7, 11) is 0. The van der Waals surface area contributed by atoms with Crippen molar-refractivity contribution < 1.29 is 18.5 Å². The van der Waals surface area contributed by atoms with E-state index in [4.69, 9.17) is 0 Å². The molecule has 0 N–H and O–H groups in total. The van der Waals surface area contributed by atoms with Crippen LogP contribution in [-0.2, 0) is 25.0 Å². The van der Waals surface area contributed by atoms with Crippen molar-refractivity contribution in [1.82, 2.24) is 0 Å². The van der Waals surface area contributed by atoms with Crippen LogP contribution in [0.1, 0.15) is 158 Å². The second-order valence-electron chi connectivity index (χ2n) is 17.1. The number of fused-ring (bicyclic) bond motifs is 4. The molecule has 7 aliphatic rings. The van der Waals surface area contributed by atoms with E-state index >= 15 is 0 Å². The van der Waals surface area contributed by atoms with Crippen molar-refractivity contribution in [2.45, 2.75) is 151 Å². The summed E-state index contributed by atoms with van der Waals surface area (Å²) in [5.41, 5.74) is 7.17. The van der Waals surface area contributed by atoms with Gasteiger partial charge in [0.2, 0.25) is 0 Å². The zero-order valence-electron chi connectivity index (χ0n) is 35.8. The standard InChI is InChI=1S/C15H20.C15H12.2C9H15Br.C2H6.2CH3.2BrH.Zr/c2*1-2-6-12(7-3-1)15-10-13-8-4-5-9-14(13)11-15;2*10-9-5-7-3-1-2-4-8(7)6-9;1-2;;;;;/h1-3,6-7,13-15H,4-5,8-11H2;1-10H,11H2;2*7-9H,1-6H2;1-2H3;2*1H3;2*1H;/q;;;;;2*-1;;;+4/p-2. The van der Waals surface area contributed by atoms with E-state index in [0.29, 0.717) is 0 Å². The third-order valence-corrected chi connectivity index (χ3v) is 15.3. The van der Waals surface area contributed by atoms with Gasteiger partial charge in [-0.15, -0.1) is 0 Å². The molecule has 6 saturated carbocycles. The van der Waals surface area contributed by atoms with E-state index in [-0.39, 0.29) is 33.4 Å². The molecule has 10 rings (SSSR count). The van der Waals surface area contributed by atoms with Crippen LogP contribution in [0.25, 0.3) is 11.6 Å². The van der Waals surface area contributed by atoms with Crippen LogP contribution in [0.4, 0.5) is 0 Å². The molecule has 0 aromatic heterocycles. The molecule has 0 radical (unpaired) electrons. The first-order chi connectivity index (χ1) is 27.0. The van der Waals surface area contributed by atoms with Gasteiger partial charge >= 0.3 is 43.0 Å². The second-order valence-corrected chi connectivity index (χ2v) is 31.0. The van der Waals surface area contributed by atoms with Gasteiger partial charge in [-0.1, -0.05) is 214 Å². The summed E-state index contributed by atoms with van der Waals surface area (Å²) in [6.07, 6.45) is 30.2. The molecule has 0 spiro atoms. The molecule has 0 saturated heterocycles. The van der Waals surface area contributed by atoms with Crippen molar-refractivity contribution in [3.63, 3.8) is 0 Å². The van der Waals surface area contributed by atoms with E-state index in [2.05, 4.69) is 147 Å². The minimum atomic E-state index is -0.145. The maximum absolute atomic E-state index is 3.73. The van der Waals surface area contributed by atoms with Gasteiger partial charge in [0.15, 0.2) is 0 Å². The van der Waals surface area contributed by atoms with Gasteiger partial charge in [-0.05, 0) is 114 Å². The molecule has 0 aliphatic heterocycles. The van der Waals surface area contributed by atoms with Gasteiger partial charge in [0.25, 0.3) is 0 Å². The Morgan fingerprint density at radius 1 is 0.474 bits per heavy atom. The summed E-state index contributed by atoms with van der Waals surface area (Å²) in [6.45, 7) is 4.00. The third-order valence-electron chi connectivity index (χ3n) is 13.8. The number of halogens is 4. The maximum Gasteiger partial charge on any atom is -0.0156 e. The molecule has 0 heterocycles. The number of alkyl halides is 2. The van der Waals surface area contributed by atoms with Crippen LogP contribution in [0.2, 0.25) is 0 Å². The van der Waals surface area contributed by atoms with Crippen LogP contribution in [0, 0.1) is 50.4 Å². The molecule has 0 bridgehead atoms. The Balaban J connectivity index is 0.000000197. The van der Waals surface area contributed by atoms with Crippen LogP contribution in [0.15, 0.2) is 84.9 Å². The molecule has 3 aromatic carbocycles. The molecule has 6 unspecified atom stereocenters. The Labute approximate surface area is 391 Å². The summed E-state index contributed by atoms with van der Waals surface area (Å²) in [5.74, 6) is 7.37. The van der Waals surface area contributed by atoms with Crippen LogP contribution in [-0.4, -0.2) is 9.65 Å². The SMILES string of the molecule is BrC1CC2CCCCC2C1.BrC1CC2CCCCC2C1.C1=C(c2ccccc2)Cc2ccccc21.CC.[Br][Zr+2][Br].[CH3-].[CH3-].c1ccc(C2CC3CCCCC3C2)cc1. The van der Waals surface area contributed by atoms with E-state index in [0.717, 1.165) is 57.5 Å². The molecular weight excluding hydrogens is 1040 g/mol. The topological polar surface area (TPSA) is 0 Å². The Bertz CT molecular complexity index is 1440. The summed E-state index contributed by atoms with van der Waals surface area (Å²) in [4.78, 5) is 1.72. The summed E-state index contributed by atoms with van der Waals surface area (Å²) in [5, 5.41) is 0. The minimum Gasteiger partial charge on any atom is -0.358 e. The molecular formula is C52H74Br4Zr. The molecule has 6 fully saturated rings. The second kappa shape index (κ2) is 28.7. The fourth-order valence-electron chi connectivity index (χ4n) is 11.2. The smallest absolute Gasteiger partial charge is 0.0156 e. The van der Waals surface area contributed by atoms with E-state index in [1.165, 1.54) is 138 Å². The van der Waals surface area contributed by atoms with Crippen LogP contribution in [0.5, 0.6) is 0 Å². The zero-order chi connectivity index (χ0) is 38.8. The molecule has 57 heavy (non-hydrogen) atoms.